The van der Waals surface area contributed by atoms with Gasteiger partial charge in [0.1, 0.15) is 6.33 Å². The smallest absolute Gasteiger partial charge is 0.358 e. The summed E-state index contributed by atoms with van der Waals surface area (Å²) in [4.78, 5) is 30.9. The Morgan fingerprint density at radius 1 is 1.41 bits per heavy atom. The maximum absolute atomic E-state index is 12.6. The van der Waals surface area contributed by atoms with Gasteiger partial charge in [0.25, 0.3) is 5.91 Å². The van der Waals surface area contributed by atoms with Crippen LogP contribution >= 0.6 is 0 Å². The molecule has 1 aromatic carbocycles. The van der Waals surface area contributed by atoms with Gasteiger partial charge >= 0.3 is 5.97 Å². The van der Waals surface area contributed by atoms with E-state index >= 15 is 0 Å². The summed E-state index contributed by atoms with van der Waals surface area (Å²) in [5.74, 6) is -0.430. The molecule has 1 fully saturated rings. The molecule has 0 bridgehead atoms. The number of rotatable bonds is 2. The number of carbonyl (C=O) groups is 2. The zero-order valence-electron chi connectivity index (χ0n) is 12.2. The molecule has 1 saturated heterocycles. The van der Waals surface area contributed by atoms with E-state index in [0.717, 1.165) is 17.8 Å². The first-order valence-corrected chi connectivity index (χ1v) is 7.37. The zero-order valence-corrected chi connectivity index (χ0v) is 12.2. The molecule has 0 spiro atoms. The summed E-state index contributed by atoms with van der Waals surface area (Å²) in [6, 6.07) is 7.30. The summed E-state index contributed by atoms with van der Waals surface area (Å²) in [6.07, 6.45) is 2.44. The van der Waals surface area contributed by atoms with Crippen molar-refractivity contribution in [3.8, 4) is 5.69 Å². The Hall–Kier alpha value is -2.63. The van der Waals surface area contributed by atoms with Crippen LogP contribution in [0.1, 0.15) is 45.9 Å². The minimum atomic E-state index is -0.435. The monoisotopic (exact) mass is 297 g/mol. The Morgan fingerprint density at radius 3 is 2.95 bits per heavy atom. The Labute approximate surface area is 127 Å². The molecule has 1 atom stereocenters. The van der Waals surface area contributed by atoms with Crippen molar-refractivity contribution in [2.45, 2.75) is 19.4 Å². The second-order valence-electron chi connectivity index (χ2n) is 5.39. The lowest BCUT2D eigenvalue weighted by Crippen LogP contribution is -2.45. The number of carbonyl (C=O) groups excluding carboxylic acids is 2. The summed E-state index contributed by atoms with van der Waals surface area (Å²) in [6.45, 7) is 2.77. The van der Waals surface area contributed by atoms with Crippen molar-refractivity contribution < 1.29 is 14.3 Å². The molecule has 2 aliphatic heterocycles. The summed E-state index contributed by atoms with van der Waals surface area (Å²) in [5.41, 5.74) is 2.46. The Bertz CT molecular complexity index is 781. The van der Waals surface area contributed by atoms with Crippen molar-refractivity contribution in [2.24, 2.45) is 0 Å². The lowest BCUT2D eigenvalue weighted by Gasteiger charge is -2.39. The van der Waals surface area contributed by atoms with Gasteiger partial charge in [0.2, 0.25) is 0 Å². The van der Waals surface area contributed by atoms with Crippen LogP contribution in [0.2, 0.25) is 0 Å². The van der Waals surface area contributed by atoms with Crippen molar-refractivity contribution in [3.63, 3.8) is 0 Å². The third-order valence-corrected chi connectivity index (χ3v) is 4.26. The average molecular weight is 297 g/mol. The number of para-hydroxylation sites is 1. The van der Waals surface area contributed by atoms with Crippen molar-refractivity contribution in [1.29, 1.82) is 0 Å². The third kappa shape index (κ3) is 1.63. The molecule has 0 radical (unpaired) electrons. The molecule has 112 valence electrons. The Kier molecular flexibility index (Phi) is 2.79. The maximum Gasteiger partial charge on any atom is 0.358 e. The van der Waals surface area contributed by atoms with E-state index in [0.29, 0.717) is 24.4 Å². The van der Waals surface area contributed by atoms with Gasteiger partial charge < -0.3 is 9.64 Å². The number of benzene rings is 1. The predicted octanol–water partition coefficient (Wildman–Crippen LogP) is 1.95. The van der Waals surface area contributed by atoms with E-state index in [1.54, 1.807) is 18.2 Å². The van der Waals surface area contributed by atoms with Crippen LogP contribution < -0.4 is 0 Å². The normalized spacial score (nSPS) is 18.7. The van der Waals surface area contributed by atoms with E-state index in [-0.39, 0.29) is 11.9 Å². The number of nitrogens with zero attached hydrogens (tertiary/aromatic N) is 3. The Morgan fingerprint density at radius 2 is 2.23 bits per heavy atom. The quantitative estimate of drug-likeness (QED) is 0.795. The van der Waals surface area contributed by atoms with Gasteiger partial charge in [-0.2, -0.15) is 0 Å². The molecule has 2 aromatic rings. The number of hydrogen-bond acceptors (Lipinski definition) is 4. The Balaban J connectivity index is 1.94. The molecule has 4 rings (SSSR count). The molecule has 2 aliphatic rings. The molecular weight excluding hydrogens is 282 g/mol. The van der Waals surface area contributed by atoms with E-state index in [1.165, 1.54) is 0 Å². The van der Waals surface area contributed by atoms with E-state index in [9.17, 15) is 9.59 Å². The highest BCUT2D eigenvalue weighted by molar-refractivity contribution is 6.00. The first kappa shape index (κ1) is 13.1. The van der Waals surface area contributed by atoms with Crippen LogP contribution in [0.3, 0.4) is 0 Å². The minimum Gasteiger partial charge on any atom is -0.461 e. The van der Waals surface area contributed by atoms with E-state index < -0.39 is 5.97 Å². The lowest BCUT2D eigenvalue weighted by atomic mass is 9.97. The van der Waals surface area contributed by atoms with Crippen molar-refractivity contribution >= 4 is 11.9 Å². The molecule has 0 unspecified atom stereocenters. The van der Waals surface area contributed by atoms with Gasteiger partial charge in [-0.25, -0.2) is 9.78 Å². The highest BCUT2D eigenvalue weighted by Crippen LogP contribution is 2.40. The summed E-state index contributed by atoms with van der Waals surface area (Å²) >= 11 is 0. The first-order chi connectivity index (χ1) is 10.7. The highest BCUT2D eigenvalue weighted by Gasteiger charge is 2.42. The molecule has 1 aromatic heterocycles. The summed E-state index contributed by atoms with van der Waals surface area (Å²) < 4.78 is 6.95. The van der Waals surface area contributed by atoms with Gasteiger partial charge in [-0.15, -0.1) is 0 Å². The number of amides is 1. The van der Waals surface area contributed by atoms with Crippen LogP contribution in [-0.2, 0) is 4.74 Å². The number of aromatic nitrogens is 2. The molecule has 0 N–H and O–H groups in total. The summed E-state index contributed by atoms with van der Waals surface area (Å²) in [7, 11) is 0. The fourth-order valence-corrected chi connectivity index (χ4v) is 3.16. The molecule has 0 aliphatic carbocycles. The maximum atomic E-state index is 12.6. The zero-order chi connectivity index (χ0) is 15.3. The van der Waals surface area contributed by atoms with E-state index in [2.05, 4.69) is 4.98 Å². The topological polar surface area (TPSA) is 64.4 Å². The van der Waals surface area contributed by atoms with E-state index in [1.807, 2.05) is 28.8 Å². The first-order valence-electron chi connectivity index (χ1n) is 7.37. The van der Waals surface area contributed by atoms with Crippen LogP contribution in [-0.4, -0.2) is 39.5 Å². The number of hydrogen-bond donors (Lipinski definition) is 0. The lowest BCUT2D eigenvalue weighted by molar-refractivity contribution is 0.0428. The van der Waals surface area contributed by atoms with Crippen LogP contribution in [0.25, 0.3) is 5.69 Å². The minimum absolute atomic E-state index is 0.00496. The molecule has 22 heavy (non-hydrogen) atoms. The second-order valence-corrected chi connectivity index (χ2v) is 5.39. The fourth-order valence-electron chi connectivity index (χ4n) is 3.16. The van der Waals surface area contributed by atoms with Crippen molar-refractivity contribution in [1.82, 2.24) is 14.5 Å². The third-order valence-electron chi connectivity index (χ3n) is 4.26. The van der Waals surface area contributed by atoms with Crippen LogP contribution in [0.4, 0.5) is 0 Å². The molecule has 3 heterocycles. The van der Waals surface area contributed by atoms with E-state index in [4.69, 9.17) is 4.74 Å². The average Bonchev–Trinajstić information content (AvgIpc) is 2.88. The molecular formula is C16H15N3O3. The highest BCUT2D eigenvalue weighted by atomic mass is 16.5. The standard InChI is InChI=1S/C16H15N3O3/c1-2-22-16(21)13-14-12-7-8-18(12)15(20)10-5-3-4-6-11(10)19(14)9-17-13/h3-6,9,12H,2,7-8H2,1H3/t12-/m0/s1. The molecule has 1 amide bonds. The van der Waals surface area contributed by atoms with Crippen LogP contribution in [0.15, 0.2) is 30.6 Å². The van der Waals surface area contributed by atoms with Gasteiger partial charge in [-0.1, -0.05) is 12.1 Å². The fraction of sp³-hybridized carbons (Fsp3) is 0.312. The van der Waals surface area contributed by atoms with Crippen molar-refractivity contribution in [3.05, 3.63) is 47.5 Å². The van der Waals surface area contributed by atoms with Crippen molar-refractivity contribution in [2.75, 3.05) is 13.2 Å². The van der Waals surface area contributed by atoms with Crippen LogP contribution in [0, 0.1) is 0 Å². The van der Waals surface area contributed by atoms with Gasteiger partial charge in [0, 0.05) is 6.54 Å². The molecule has 0 saturated carbocycles. The largest absolute Gasteiger partial charge is 0.461 e. The van der Waals surface area contributed by atoms with Gasteiger partial charge in [-0.3, -0.25) is 9.36 Å². The number of ether oxygens (including phenoxy) is 1. The predicted molar refractivity (Wildman–Crippen MR) is 77.9 cm³/mol. The second kappa shape index (κ2) is 4.69. The number of esters is 1. The van der Waals surface area contributed by atoms with Gasteiger partial charge in [-0.05, 0) is 25.5 Å². The van der Waals surface area contributed by atoms with Crippen LogP contribution in [0.5, 0.6) is 0 Å². The molecule has 6 heteroatoms. The molecule has 6 nitrogen and oxygen atoms in total. The number of imidazole rings is 1. The SMILES string of the molecule is CCOC(=O)c1ncn2c1[C@@H]1CCN1C(=O)c1ccccc1-2. The number of fused-ring (bicyclic) bond motifs is 5. The van der Waals surface area contributed by atoms with Gasteiger partial charge in [0.15, 0.2) is 5.69 Å². The summed E-state index contributed by atoms with van der Waals surface area (Å²) in [5, 5.41) is 0. The van der Waals surface area contributed by atoms with Gasteiger partial charge in [0.05, 0.1) is 29.6 Å².